The minimum absolute atomic E-state index is 0.595. The molecule has 0 aliphatic rings. The molecule has 0 bridgehead atoms. The van der Waals surface area contributed by atoms with E-state index in [1.165, 1.54) is 31.3 Å². The third kappa shape index (κ3) is 5.56. The van der Waals surface area contributed by atoms with E-state index in [1.54, 1.807) is 0 Å². The van der Waals surface area contributed by atoms with E-state index in [4.69, 9.17) is 19.4 Å². The first-order valence-electron chi connectivity index (χ1n) is 18.7. The van der Waals surface area contributed by atoms with E-state index in [0.717, 1.165) is 60.9 Å². The number of fused-ring (bicyclic) bond motifs is 6. The molecule has 0 unspecified atom stereocenters. The molecule has 8 aromatic carbocycles. The van der Waals surface area contributed by atoms with Gasteiger partial charge < -0.3 is 4.42 Å². The van der Waals surface area contributed by atoms with Gasteiger partial charge in [-0.2, -0.15) is 0 Å². The molecule has 0 radical (unpaired) electrons. The first-order chi connectivity index (χ1) is 27.7. The molecule has 0 fully saturated rings. The lowest BCUT2D eigenvalue weighted by Gasteiger charge is -2.11. The van der Waals surface area contributed by atoms with E-state index in [9.17, 15) is 0 Å². The highest BCUT2D eigenvalue weighted by Crippen LogP contribution is 2.41. The van der Waals surface area contributed by atoms with Crippen LogP contribution in [0.1, 0.15) is 0 Å². The average Bonchev–Trinajstić information content (AvgIpc) is 3.86. The van der Waals surface area contributed by atoms with E-state index in [0.29, 0.717) is 17.5 Å². The summed E-state index contributed by atoms with van der Waals surface area (Å²) in [6, 6.07) is 65.7. The van der Waals surface area contributed by atoms with Crippen molar-refractivity contribution in [3.63, 3.8) is 0 Å². The fourth-order valence-electron chi connectivity index (χ4n) is 7.84. The maximum Gasteiger partial charge on any atom is 0.164 e. The lowest BCUT2D eigenvalue weighted by molar-refractivity contribution is 0.669. The Labute approximate surface area is 327 Å². The smallest absolute Gasteiger partial charge is 0.164 e. The second-order valence-electron chi connectivity index (χ2n) is 14.0. The van der Waals surface area contributed by atoms with Gasteiger partial charge in [-0.3, -0.25) is 0 Å². The number of nitrogens with zero attached hydrogens (tertiary/aromatic N) is 3. The summed E-state index contributed by atoms with van der Waals surface area (Å²) in [6.45, 7) is 0. The Morgan fingerprint density at radius 2 is 0.875 bits per heavy atom. The number of thiophene rings is 1. The summed E-state index contributed by atoms with van der Waals surface area (Å²) in [5.74, 6) is 1.81. The van der Waals surface area contributed by atoms with Crippen molar-refractivity contribution in [2.75, 3.05) is 0 Å². The van der Waals surface area contributed by atoms with Crippen molar-refractivity contribution in [1.82, 2.24) is 15.0 Å². The summed E-state index contributed by atoms with van der Waals surface area (Å²) < 4.78 is 8.89. The van der Waals surface area contributed by atoms with Crippen LogP contribution in [0, 0.1) is 0 Å². The molecule has 11 aromatic rings. The van der Waals surface area contributed by atoms with Crippen LogP contribution in [0.3, 0.4) is 0 Å². The Kier molecular flexibility index (Phi) is 7.64. The summed E-state index contributed by atoms with van der Waals surface area (Å²) in [5, 5.41) is 4.62. The minimum Gasteiger partial charge on any atom is -0.456 e. The second kappa shape index (κ2) is 13.3. The van der Waals surface area contributed by atoms with Gasteiger partial charge in [0.15, 0.2) is 17.5 Å². The Bertz CT molecular complexity index is 3250. The van der Waals surface area contributed by atoms with Gasteiger partial charge in [0.25, 0.3) is 0 Å². The molecule has 262 valence electrons. The van der Waals surface area contributed by atoms with Crippen molar-refractivity contribution in [2.45, 2.75) is 0 Å². The Morgan fingerprint density at radius 3 is 1.71 bits per heavy atom. The summed E-state index contributed by atoms with van der Waals surface area (Å²) in [7, 11) is 0. The van der Waals surface area contributed by atoms with Gasteiger partial charge in [0.2, 0.25) is 0 Å². The summed E-state index contributed by atoms with van der Waals surface area (Å²) in [4.78, 5) is 15.5. The van der Waals surface area contributed by atoms with E-state index >= 15 is 0 Å². The second-order valence-corrected chi connectivity index (χ2v) is 15.0. The lowest BCUT2D eigenvalue weighted by Crippen LogP contribution is -2.00. The fraction of sp³-hybridized carbons (Fsp3) is 0. The first kappa shape index (κ1) is 32.2. The average molecular weight is 734 g/mol. The largest absolute Gasteiger partial charge is 0.456 e. The van der Waals surface area contributed by atoms with E-state index in [1.807, 2.05) is 47.7 Å². The highest BCUT2D eigenvalue weighted by atomic mass is 32.1. The highest BCUT2D eigenvalue weighted by Gasteiger charge is 2.18. The van der Waals surface area contributed by atoms with Gasteiger partial charge in [-0.25, -0.2) is 15.0 Å². The van der Waals surface area contributed by atoms with Gasteiger partial charge in [-0.05, 0) is 63.7 Å². The standard InChI is InChI=1S/C51H31N3OS/c1-2-12-32(13-3-1)33-26-28-34(29-27-33)49-52-50(54-51(53-49)43-22-11-24-45-47(43)42-19-4-6-23-44(42)55-45)38-17-9-15-36(31-38)35-14-8-16-37(30-35)39-20-10-21-41-40-18-5-7-25-46(40)56-48(39)41/h1-31H. The molecule has 0 saturated carbocycles. The Balaban J connectivity index is 1.04. The molecule has 0 N–H and O–H groups in total. The van der Waals surface area contributed by atoms with Gasteiger partial charge in [-0.15, -0.1) is 11.3 Å². The van der Waals surface area contributed by atoms with E-state index in [2.05, 4.69) is 152 Å². The van der Waals surface area contributed by atoms with Crippen LogP contribution in [0.4, 0.5) is 0 Å². The van der Waals surface area contributed by atoms with Gasteiger partial charge in [0.1, 0.15) is 11.2 Å². The van der Waals surface area contributed by atoms with Crippen molar-refractivity contribution in [2.24, 2.45) is 0 Å². The molecular formula is C51H31N3OS. The Hall–Kier alpha value is -7.21. The van der Waals surface area contributed by atoms with E-state index < -0.39 is 0 Å². The summed E-state index contributed by atoms with van der Waals surface area (Å²) in [6.07, 6.45) is 0. The van der Waals surface area contributed by atoms with E-state index in [-0.39, 0.29) is 0 Å². The molecule has 4 nitrogen and oxygen atoms in total. The molecule has 0 amide bonds. The van der Waals surface area contributed by atoms with Crippen molar-refractivity contribution in [3.05, 3.63) is 188 Å². The molecule has 56 heavy (non-hydrogen) atoms. The van der Waals surface area contributed by atoms with Crippen LogP contribution < -0.4 is 0 Å². The summed E-state index contributed by atoms with van der Waals surface area (Å²) >= 11 is 1.86. The maximum atomic E-state index is 6.27. The van der Waals surface area contributed by atoms with Crippen LogP contribution >= 0.6 is 11.3 Å². The first-order valence-corrected chi connectivity index (χ1v) is 19.5. The molecule has 3 heterocycles. The predicted molar refractivity (Wildman–Crippen MR) is 233 cm³/mol. The van der Waals surface area contributed by atoms with Gasteiger partial charge in [0.05, 0.1) is 0 Å². The molecule has 0 saturated heterocycles. The zero-order valence-electron chi connectivity index (χ0n) is 30.1. The number of aromatic nitrogens is 3. The molecule has 0 spiro atoms. The molecule has 0 aliphatic carbocycles. The zero-order chi connectivity index (χ0) is 37.0. The number of para-hydroxylation sites is 1. The van der Waals surface area contributed by atoms with Crippen molar-refractivity contribution in [3.8, 4) is 67.5 Å². The molecule has 0 atom stereocenters. The number of hydrogen-bond acceptors (Lipinski definition) is 5. The monoisotopic (exact) mass is 733 g/mol. The molecule has 11 rings (SSSR count). The van der Waals surface area contributed by atoms with Gasteiger partial charge in [-0.1, -0.05) is 158 Å². The van der Waals surface area contributed by atoms with Gasteiger partial charge >= 0.3 is 0 Å². The normalized spacial score (nSPS) is 11.6. The third-order valence-electron chi connectivity index (χ3n) is 10.6. The minimum atomic E-state index is 0.595. The van der Waals surface area contributed by atoms with Crippen molar-refractivity contribution < 1.29 is 4.42 Å². The summed E-state index contributed by atoms with van der Waals surface area (Å²) in [5.41, 5.74) is 11.3. The van der Waals surface area contributed by atoms with Crippen LogP contribution in [0.15, 0.2) is 192 Å². The molecular weight excluding hydrogens is 703 g/mol. The van der Waals surface area contributed by atoms with Crippen LogP contribution in [-0.4, -0.2) is 15.0 Å². The van der Waals surface area contributed by atoms with Gasteiger partial charge in [0, 0.05) is 47.6 Å². The third-order valence-corrected chi connectivity index (χ3v) is 11.8. The molecule has 3 aromatic heterocycles. The lowest BCUT2D eigenvalue weighted by atomic mass is 9.97. The topological polar surface area (TPSA) is 51.8 Å². The van der Waals surface area contributed by atoms with Crippen molar-refractivity contribution >= 4 is 53.4 Å². The number of rotatable bonds is 6. The van der Waals surface area contributed by atoms with Crippen LogP contribution in [0.25, 0.3) is 110 Å². The van der Waals surface area contributed by atoms with Crippen LogP contribution in [-0.2, 0) is 0 Å². The fourth-order valence-corrected chi connectivity index (χ4v) is 9.07. The molecule has 0 aliphatic heterocycles. The number of hydrogen-bond donors (Lipinski definition) is 0. The SMILES string of the molecule is c1ccc(-c2ccc(-c3nc(-c4cccc(-c5cccc(-c6cccc7c6sc6ccccc67)c5)c4)nc(-c4cccc5oc6ccccc6c45)n3)cc2)cc1. The van der Waals surface area contributed by atoms with Crippen LogP contribution in [0.2, 0.25) is 0 Å². The number of furan rings is 1. The van der Waals surface area contributed by atoms with Crippen molar-refractivity contribution in [1.29, 1.82) is 0 Å². The predicted octanol–water partition coefficient (Wildman–Crippen LogP) is 14.1. The zero-order valence-corrected chi connectivity index (χ0v) is 30.9. The number of benzene rings is 8. The quantitative estimate of drug-likeness (QED) is 0.171. The highest BCUT2D eigenvalue weighted by molar-refractivity contribution is 7.26. The van der Waals surface area contributed by atoms with Crippen LogP contribution in [0.5, 0.6) is 0 Å². The maximum absolute atomic E-state index is 6.27. The molecule has 5 heteroatoms. The Morgan fingerprint density at radius 1 is 0.339 bits per heavy atom.